The highest BCUT2D eigenvalue weighted by atomic mass is 32.2. The minimum atomic E-state index is -0.279. The van der Waals surface area contributed by atoms with E-state index in [0.29, 0.717) is 6.42 Å². The Hall–Kier alpha value is -2.50. The number of halogens is 1. The van der Waals surface area contributed by atoms with Gasteiger partial charge in [-0.25, -0.2) is 4.39 Å². The second kappa shape index (κ2) is 8.03. The van der Waals surface area contributed by atoms with Crippen molar-refractivity contribution < 1.29 is 9.18 Å². The number of carbonyl (C=O) groups excluding carboxylic acids is 1. The number of para-hydroxylation sites is 1. The summed E-state index contributed by atoms with van der Waals surface area (Å²) in [6.45, 7) is 0. The largest absolute Gasteiger partial charge is 0.293 e. The molecule has 0 amide bonds. The molecule has 0 fully saturated rings. The monoisotopic (exact) mass is 393 g/mol. The number of hydrogen-bond acceptors (Lipinski definition) is 4. The standard InChI is InChI=1S/C22H16FNOS2/c23-17-10-8-15(9-11-17)21(14-18(25)19-7-3-13-26-19)27-20-6-1-4-16-5-2-12-24-22(16)20/h1-13,21H,14H2/t21-/m0/s1. The number of rotatable bonds is 6. The topological polar surface area (TPSA) is 30.0 Å². The molecule has 0 bridgehead atoms. The van der Waals surface area contributed by atoms with Crippen LogP contribution in [0.5, 0.6) is 0 Å². The Morgan fingerprint density at radius 2 is 1.85 bits per heavy atom. The molecule has 2 aromatic carbocycles. The lowest BCUT2D eigenvalue weighted by Gasteiger charge is -2.17. The number of ketones is 1. The first-order valence-electron chi connectivity index (χ1n) is 8.53. The highest BCUT2D eigenvalue weighted by Crippen LogP contribution is 2.41. The van der Waals surface area contributed by atoms with Crippen LogP contribution < -0.4 is 0 Å². The van der Waals surface area contributed by atoms with Crippen LogP contribution in [0.2, 0.25) is 0 Å². The molecular weight excluding hydrogens is 377 g/mol. The highest BCUT2D eigenvalue weighted by molar-refractivity contribution is 7.99. The summed E-state index contributed by atoms with van der Waals surface area (Å²) in [5.41, 5.74) is 1.85. The number of thioether (sulfide) groups is 1. The van der Waals surface area contributed by atoms with Gasteiger partial charge in [0.1, 0.15) is 5.82 Å². The Kier molecular flexibility index (Phi) is 5.32. The number of thiophene rings is 1. The van der Waals surface area contributed by atoms with Crippen molar-refractivity contribution in [3.05, 3.63) is 94.6 Å². The maximum atomic E-state index is 13.4. The zero-order chi connectivity index (χ0) is 18.6. The molecule has 0 spiro atoms. The molecule has 2 aromatic heterocycles. The van der Waals surface area contributed by atoms with Crippen molar-refractivity contribution in [2.75, 3.05) is 0 Å². The second-order valence-corrected chi connectivity index (χ2v) is 8.29. The molecule has 4 rings (SSSR count). The molecule has 0 N–H and O–H groups in total. The molecule has 0 aliphatic heterocycles. The van der Waals surface area contributed by atoms with E-state index >= 15 is 0 Å². The fourth-order valence-electron chi connectivity index (χ4n) is 2.94. The van der Waals surface area contributed by atoms with Crippen molar-refractivity contribution in [1.29, 1.82) is 0 Å². The van der Waals surface area contributed by atoms with E-state index in [9.17, 15) is 9.18 Å². The van der Waals surface area contributed by atoms with Crippen LogP contribution in [0.15, 0.2) is 83.2 Å². The third-order valence-electron chi connectivity index (χ3n) is 4.27. The Morgan fingerprint density at radius 1 is 1.04 bits per heavy atom. The zero-order valence-corrected chi connectivity index (χ0v) is 16.0. The fraction of sp³-hybridized carbons (Fsp3) is 0.0909. The Bertz CT molecular complexity index is 1060. The van der Waals surface area contributed by atoms with Crippen LogP contribution in [0.1, 0.15) is 26.9 Å². The number of aromatic nitrogens is 1. The average Bonchev–Trinajstić information content (AvgIpc) is 3.23. The maximum Gasteiger partial charge on any atom is 0.174 e. The van der Waals surface area contributed by atoms with Crippen LogP contribution >= 0.6 is 23.1 Å². The molecule has 0 radical (unpaired) electrons. The molecule has 0 unspecified atom stereocenters. The molecule has 2 heterocycles. The normalized spacial score (nSPS) is 12.2. The van der Waals surface area contributed by atoms with Crippen LogP contribution in [0.25, 0.3) is 10.9 Å². The molecule has 0 saturated carbocycles. The second-order valence-electron chi connectivity index (χ2n) is 6.09. The summed E-state index contributed by atoms with van der Waals surface area (Å²) in [5, 5.41) is 2.85. The Morgan fingerprint density at radius 3 is 2.63 bits per heavy atom. The van der Waals surface area contributed by atoms with Crippen molar-refractivity contribution >= 4 is 39.8 Å². The van der Waals surface area contributed by atoms with Crippen molar-refractivity contribution in [3.63, 3.8) is 0 Å². The number of pyridine rings is 1. The van der Waals surface area contributed by atoms with Gasteiger partial charge in [0.25, 0.3) is 0 Å². The average molecular weight is 394 g/mol. The quantitative estimate of drug-likeness (QED) is 0.275. The van der Waals surface area contributed by atoms with Gasteiger partial charge in [0.2, 0.25) is 0 Å². The molecule has 0 saturated heterocycles. The number of Topliss-reactive ketones (excluding diaryl/α,β-unsaturated/α-hetero) is 1. The van der Waals surface area contributed by atoms with E-state index in [1.54, 1.807) is 30.1 Å². The number of nitrogens with zero attached hydrogens (tertiary/aromatic N) is 1. The highest BCUT2D eigenvalue weighted by Gasteiger charge is 2.20. The predicted molar refractivity (Wildman–Crippen MR) is 110 cm³/mol. The minimum absolute atomic E-state index is 0.0972. The molecule has 5 heteroatoms. The van der Waals surface area contributed by atoms with Gasteiger partial charge in [-0.2, -0.15) is 0 Å². The fourth-order valence-corrected chi connectivity index (χ4v) is 4.89. The summed E-state index contributed by atoms with van der Waals surface area (Å²) in [7, 11) is 0. The number of fused-ring (bicyclic) bond motifs is 1. The lowest BCUT2D eigenvalue weighted by molar-refractivity contribution is 0.0986. The molecule has 134 valence electrons. The van der Waals surface area contributed by atoms with E-state index in [1.807, 2.05) is 47.8 Å². The summed E-state index contributed by atoms with van der Waals surface area (Å²) in [6.07, 6.45) is 2.12. The summed E-state index contributed by atoms with van der Waals surface area (Å²) < 4.78 is 13.4. The SMILES string of the molecule is O=C(C[C@H](Sc1cccc2cccnc12)c1ccc(F)cc1)c1cccs1. The first kappa shape index (κ1) is 17.9. The molecule has 0 aliphatic carbocycles. The van der Waals surface area contributed by atoms with Crippen LogP contribution in [0.3, 0.4) is 0 Å². The van der Waals surface area contributed by atoms with Gasteiger partial charge in [-0.1, -0.05) is 36.4 Å². The first-order valence-corrected chi connectivity index (χ1v) is 10.3. The van der Waals surface area contributed by atoms with Gasteiger partial charge in [0.05, 0.1) is 10.4 Å². The van der Waals surface area contributed by atoms with Gasteiger partial charge >= 0.3 is 0 Å². The lowest BCUT2D eigenvalue weighted by Crippen LogP contribution is -2.04. The Balaban J connectivity index is 1.68. The summed E-state index contributed by atoms with van der Waals surface area (Å²) >= 11 is 3.05. The van der Waals surface area contributed by atoms with E-state index in [1.165, 1.54) is 23.5 Å². The summed E-state index contributed by atoms with van der Waals surface area (Å²) in [6, 6.07) is 20.1. The first-order chi connectivity index (χ1) is 13.2. The molecule has 0 aliphatic rings. The van der Waals surface area contributed by atoms with Crippen LogP contribution in [0.4, 0.5) is 4.39 Å². The maximum absolute atomic E-state index is 13.4. The smallest absolute Gasteiger partial charge is 0.174 e. The van der Waals surface area contributed by atoms with E-state index in [4.69, 9.17) is 0 Å². The van der Waals surface area contributed by atoms with Crippen LogP contribution in [0, 0.1) is 5.82 Å². The third-order valence-corrected chi connectivity index (χ3v) is 6.49. The number of hydrogen-bond donors (Lipinski definition) is 0. The summed E-state index contributed by atoms with van der Waals surface area (Å²) in [4.78, 5) is 19.0. The number of carbonyl (C=O) groups is 1. The van der Waals surface area contributed by atoms with E-state index in [2.05, 4.69) is 4.98 Å². The summed E-state index contributed by atoms with van der Waals surface area (Å²) in [5.74, 6) is -0.182. The Labute approximate surface area is 165 Å². The van der Waals surface area contributed by atoms with E-state index in [-0.39, 0.29) is 16.9 Å². The number of benzene rings is 2. The predicted octanol–water partition coefficient (Wildman–Crippen LogP) is 6.54. The molecule has 1 atom stereocenters. The van der Waals surface area contributed by atoms with Gasteiger partial charge < -0.3 is 0 Å². The minimum Gasteiger partial charge on any atom is -0.293 e. The molecule has 27 heavy (non-hydrogen) atoms. The van der Waals surface area contributed by atoms with Crippen molar-refractivity contribution in [2.45, 2.75) is 16.6 Å². The zero-order valence-electron chi connectivity index (χ0n) is 14.3. The lowest BCUT2D eigenvalue weighted by atomic mass is 10.1. The van der Waals surface area contributed by atoms with Gasteiger partial charge in [-0.3, -0.25) is 9.78 Å². The van der Waals surface area contributed by atoms with Gasteiger partial charge in [0, 0.05) is 28.1 Å². The van der Waals surface area contributed by atoms with Crippen LogP contribution in [-0.2, 0) is 0 Å². The van der Waals surface area contributed by atoms with Crippen molar-refractivity contribution in [2.24, 2.45) is 0 Å². The van der Waals surface area contributed by atoms with E-state index in [0.717, 1.165) is 26.2 Å². The van der Waals surface area contributed by atoms with Crippen molar-refractivity contribution in [3.8, 4) is 0 Å². The van der Waals surface area contributed by atoms with Gasteiger partial charge in [0.15, 0.2) is 5.78 Å². The van der Waals surface area contributed by atoms with Crippen molar-refractivity contribution in [1.82, 2.24) is 4.98 Å². The van der Waals surface area contributed by atoms with E-state index < -0.39 is 0 Å². The third kappa shape index (κ3) is 4.10. The van der Waals surface area contributed by atoms with Crippen LogP contribution in [-0.4, -0.2) is 10.8 Å². The molecular formula is C22H16FNOS2. The van der Waals surface area contributed by atoms with Gasteiger partial charge in [-0.05, 0) is 41.3 Å². The molecule has 2 nitrogen and oxygen atoms in total. The molecule has 4 aromatic rings. The van der Waals surface area contributed by atoms with Gasteiger partial charge in [-0.15, -0.1) is 23.1 Å².